The molecular weight excluding hydrogens is 530 g/mol. The fourth-order valence-corrected chi connectivity index (χ4v) is 5.24. The number of nitrogens with zero attached hydrogens (tertiary/aromatic N) is 2. The second-order valence-electron chi connectivity index (χ2n) is 8.99. The predicted octanol–water partition coefficient (Wildman–Crippen LogP) is 5.99. The van der Waals surface area contributed by atoms with Crippen LogP contribution in [0.25, 0.3) is 0 Å². The molecule has 1 atom stereocenters. The molecule has 0 radical (unpaired) electrons. The van der Waals surface area contributed by atoms with Crippen molar-refractivity contribution < 1.29 is 36.6 Å². The molecular formula is C25H23ClF2N2O6S. The van der Waals surface area contributed by atoms with Gasteiger partial charge in [0.05, 0.1) is 17.1 Å². The molecule has 2 aromatic carbocycles. The number of carbonyl (C=O) groups excluding carboxylic acids is 1. The molecule has 0 saturated carbocycles. The zero-order valence-corrected chi connectivity index (χ0v) is 21.6. The molecule has 196 valence electrons. The van der Waals surface area contributed by atoms with Gasteiger partial charge in [0.25, 0.3) is 0 Å². The van der Waals surface area contributed by atoms with Gasteiger partial charge in [0, 0.05) is 16.8 Å². The minimum Gasteiger partial charge on any atom is -0.465 e. The van der Waals surface area contributed by atoms with Crippen molar-refractivity contribution in [3.05, 3.63) is 94.3 Å². The number of carbonyl (C=O) groups is 2. The molecule has 1 unspecified atom stereocenters. The number of hydrogen-bond donors (Lipinski definition) is 1. The van der Waals surface area contributed by atoms with Gasteiger partial charge in [-0.15, -0.1) is 0 Å². The Hall–Kier alpha value is -3.57. The van der Waals surface area contributed by atoms with E-state index in [1.54, 1.807) is 20.8 Å². The van der Waals surface area contributed by atoms with Gasteiger partial charge in [-0.3, -0.25) is 4.98 Å². The molecule has 0 aliphatic heterocycles. The molecule has 37 heavy (non-hydrogen) atoms. The van der Waals surface area contributed by atoms with Crippen molar-refractivity contribution >= 4 is 33.6 Å². The third-order valence-electron chi connectivity index (χ3n) is 4.99. The lowest BCUT2D eigenvalue weighted by Gasteiger charge is -2.24. The molecule has 8 nitrogen and oxygen atoms in total. The normalized spacial score (nSPS) is 12.6. The van der Waals surface area contributed by atoms with Crippen LogP contribution in [0, 0.1) is 11.6 Å². The molecule has 3 rings (SSSR count). The van der Waals surface area contributed by atoms with Crippen LogP contribution in [0.4, 0.5) is 18.4 Å². The zero-order chi connectivity index (χ0) is 27.5. The first kappa shape index (κ1) is 28.0. The van der Waals surface area contributed by atoms with Gasteiger partial charge in [-0.1, -0.05) is 17.7 Å². The number of ether oxygens (including phenoxy) is 1. The van der Waals surface area contributed by atoms with Gasteiger partial charge >= 0.3 is 12.2 Å². The summed E-state index contributed by atoms with van der Waals surface area (Å²) in [6, 6.07) is 10.2. The maximum atomic E-state index is 14.8. The van der Waals surface area contributed by atoms with E-state index in [-0.39, 0.29) is 21.2 Å². The topological polar surface area (TPSA) is 114 Å². The van der Waals surface area contributed by atoms with Crippen LogP contribution in [0.3, 0.4) is 0 Å². The third-order valence-corrected chi connectivity index (χ3v) is 7.29. The fourth-order valence-electron chi connectivity index (χ4n) is 3.36. The van der Waals surface area contributed by atoms with E-state index < -0.39 is 56.6 Å². The Morgan fingerprint density at radius 3 is 2.27 bits per heavy atom. The second-order valence-corrected chi connectivity index (χ2v) is 11.5. The Morgan fingerprint density at radius 2 is 1.73 bits per heavy atom. The van der Waals surface area contributed by atoms with Crippen molar-refractivity contribution in [1.82, 2.24) is 9.88 Å². The summed E-state index contributed by atoms with van der Waals surface area (Å²) in [6.45, 7) is 4.29. The largest absolute Gasteiger partial charge is 0.465 e. The number of aromatic nitrogens is 1. The molecule has 2 amide bonds. The molecule has 0 aliphatic rings. The van der Waals surface area contributed by atoms with Gasteiger partial charge in [0.15, 0.2) is 9.84 Å². The number of hydrogen-bond acceptors (Lipinski definition) is 6. The highest BCUT2D eigenvalue weighted by molar-refractivity contribution is 7.91. The summed E-state index contributed by atoms with van der Waals surface area (Å²) in [5.74, 6) is -1.81. The number of sulfone groups is 1. The van der Waals surface area contributed by atoms with Gasteiger partial charge in [0.1, 0.15) is 22.5 Å². The van der Waals surface area contributed by atoms with Gasteiger partial charge in [-0.2, -0.15) is 0 Å². The van der Waals surface area contributed by atoms with Crippen molar-refractivity contribution in [2.45, 2.75) is 43.1 Å². The van der Waals surface area contributed by atoms with Crippen molar-refractivity contribution in [2.24, 2.45) is 0 Å². The first-order valence-corrected chi connectivity index (χ1v) is 12.7. The van der Waals surface area contributed by atoms with Crippen molar-refractivity contribution in [3.63, 3.8) is 0 Å². The number of benzene rings is 2. The summed E-state index contributed by atoms with van der Waals surface area (Å²) in [4.78, 5) is 28.2. The molecule has 3 aromatic rings. The Morgan fingerprint density at radius 1 is 1.08 bits per heavy atom. The van der Waals surface area contributed by atoms with E-state index in [0.29, 0.717) is 4.90 Å². The Balaban J connectivity index is 2.03. The summed E-state index contributed by atoms with van der Waals surface area (Å²) < 4.78 is 61.0. The molecule has 0 saturated heterocycles. The summed E-state index contributed by atoms with van der Waals surface area (Å²) >= 11 is 5.86. The Labute approximate surface area is 217 Å². The minimum absolute atomic E-state index is 0.151. The number of carboxylic acid groups (broad SMARTS) is 1. The standard InChI is InChI=1S/C25H23ClF2N2O6S/c1-25(2,3)36-24(33)30(23(31)32)14-15-4-11-21(29-13-15)22(19-12-17(27)7-10-20(19)28)37(34,35)18-8-5-16(26)6-9-18/h4-13,22H,14H2,1-3H3,(H,31,32). The molecule has 0 spiro atoms. The summed E-state index contributed by atoms with van der Waals surface area (Å²) in [6.07, 6.45) is -1.52. The van der Waals surface area contributed by atoms with Crippen LogP contribution in [0.1, 0.15) is 42.8 Å². The minimum atomic E-state index is -4.35. The lowest BCUT2D eigenvalue weighted by Crippen LogP contribution is -2.39. The molecule has 12 heteroatoms. The molecule has 1 heterocycles. The van der Waals surface area contributed by atoms with E-state index in [4.69, 9.17) is 16.3 Å². The monoisotopic (exact) mass is 552 g/mol. The van der Waals surface area contributed by atoms with E-state index in [2.05, 4.69) is 4.98 Å². The van der Waals surface area contributed by atoms with Gasteiger partial charge in [0.2, 0.25) is 0 Å². The van der Waals surface area contributed by atoms with Crippen LogP contribution in [-0.4, -0.2) is 41.2 Å². The second kappa shape index (κ2) is 10.8. The first-order chi connectivity index (χ1) is 17.2. The van der Waals surface area contributed by atoms with Crippen LogP contribution in [-0.2, 0) is 21.1 Å². The Kier molecular flexibility index (Phi) is 8.19. The molecule has 1 aromatic heterocycles. The number of amides is 2. The van der Waals surface area contributed by atoms with E-state index in [0.717, 1.165) is 24.4 Å². The number of imide groups is 1. The highest BCUT2D eigenvalue weighted by Crippen LogP contribution is 2.36. The molecule has 1 N–H and O–H groups in total. The van der Waals surface area contributed by atoms with Crippen molar-refractivity contribution in [2.75, 3.05) is 0 Å². The smallest absolute Gasteiger partial charge is 0.420 e. The number of halogens is 3. The highest BCUT2D eigenvalue weighted by atomic mass is 35.5. The van der Waals surface area contributed by atoms with Gasteiger partial charge in [-0.25, -0.2) is 31.7 Å². The SMILES string of the molecule is CC(C)(C)OC(=O)N(Cc1ccc(C(c2cc(F)ccc2F)S(=O)(=O)c2ccc(Cl)cc2)nc1)C(=O)O. The number of pyridine rings is 1. The maximum absolute atomic E-state index is 14.8. The van der Waals surface area contributed by atoms with Crippen LogP contribution >= 0.6 is 11.6 Å². The summed E-state index contributed by atoms with van der Waals surface area (Å²) in [7, 11) is -4.35. The average Bonchev–Trinajstić information content (AvgIpc) is 2.79. The van der Waals surface area contributed by atoms with Crippen molar-refractivity contribution in [1.29, 1.82) is 0 Å². The van der Waals surface area contributed by atoms with Crippen LogP contribution in [0.15, 0.2) is 65.7 Å². The van der Waals surface area contributed by atoms with Crippen LogP contribution < -0.4 is 0 Å². The van der Waals surface area contributed by atoms with E-state index in [9.17, 15) is 31.9 Å². The number of rotatable bonds is 6. The zero-order valence-electron chi connectivity index (χ0n) is 20.0. The Bertz CT molecular complexity index is 1410. The third kappa shape index (κ3) is 6.80. The highest BCUT2D eigenvalue weighted by Gasteiger charge is 2.35. The lowest BCUT2D eigenvalue weighted by molar-refractivity contribution is 0.0255. The predicted molar refractivity (Wildman–Crippen MR) is 131 cm³/mol. The lowest BCUT2D eigenvalue weighted by atomic mass is 10.1. The van der Waals surface area contributed by atoms with E-state index in [1.807, 2.05) is 0 Å². The molecule has 0 bridgehead atoms. The quantitative estimate of drug-likeness (QED) is 0.399. The van der Waals surface area contributed by atoms with Crippen LogP contribution in [0.5, 0.6) is 0 Å². The fraction of sp³-hybridized carbons (Fsp3) is 0.240. The van der Waals surface area contributed by atoms with Crippen LogP contribution in [0.2, 0.25) is 5.02 Å². The molecule has 0 fully saturated rings. The van der Waals surface area contributed by atoms with Gasteiger partial charge in [-0.05, 0) is 74.9 Å². The maximum Gasteiger partial charge on any atom is 0.420 e. The summed E-state index contributed by atoms with van der Waals surface area (Å²) in [5, 5.41) is 7.99. The molecule has 0 aliphatic carbocycles. The first-order valence-electron chi connectivity index (χ1n) is 10.8. The van der Waals surface area contributed by atoms with Crippen molar-refractivity contribution in [3.8, 4) is 0 Å². The summed E-state index contributed by atoms with van der Waals surface area (Å²) in [5.41, 5.74) is -1.33. The van der Waals surface area contributed by atoms with E-state index in [1.165, 1.54) is 36.4 Å². The van der Waals surface area contributed by atoms with E-state index >= 15 is 0 Å². The average molecular weight is 553 g/mol. The van der Waals surface area contributed by atoms with Gasteiger partial charge < -0.3 is 9.84 Å².